The molecule has 0 saturated heterocycles. The van der Waals surface area contributed by atoms with Gasteiger partial charge in [0.1, 0.15) is 0 Å². The van der Waals surface area contributed by atoms with Gasteiger partial charge < -0.3 is 10.2 Å². The van der Waals surface area contributed by atoms with E-state index in [9.17, 15) is 5.11 Å². The summed E-state index contributed by atoms with van der Waals surface area (Å²) in [7, 11) is 0. The fourth-order valence-corrected chi connectivity index (χ4v) is 3.02. The molecule has 1 aliphatic rings. The molecule has 0 radical (unpaired) electrons. The molecule has 0 bridgehead atoms. The largest absolute Gasteiger partial charge is 0.394 e. The Bertz CT molecular complexity index is 364. The molecule has 0 aromatic carbocycles. The second kappa shape index (κ2) is 8.35. The second-order valence-corrected chi connectivity index (χ2v) is 5.77. The molecule has 1 fully saturated rings. The smallest absolute Gasteiger partial charge is 0.0897 e. The minimum absolute atomic E-state index is 0.170. The predicted octanol–water partition coefficient (Wildman–Crippen LogP) is 1.96. The first-order valence-corrected chi connectivity index (χ1v) is 7.71. The van der Waals surface area contributed by atoms with Crippen molar-refractivity contribution in [3.8, 4) is 0 Å². The summed E-state index contributed by atoms with van der Waals surface area (Å²) in [5, 5.41) is 18.9. The van der Waals surface area contributed by atoms with E-state index in [1.807, 2.05) is 12.3 Å². The van der Waals surface area contributed by atoms with Crippen molar-refractivity contribution in [2.75, 3.05) is 13.2 Å². The molecular weight excluding hydrogens is 252 g/mol. The Balaban J connectivity index is 2.02. The SMILES string of the molecule is OC[C@@H](O)CN(Cc1cccnc1)C1CCCCCC1. The standard InChI is InChI=1S/C16H26N2O2/c19-13-16(20)12-18(11-14-6-5-9-17-10-14)15-7-3-1-2-4-8-15/h5-6,9-10,15-16,19-20H,1-4,7-8,11-13H2/t16-/m0/s1. The van der Waals surface area contributed by atoms with Crippen LogP contribution in [0.1, 0.15) is 44.1 Å². The van der Waals surface area contributed by atoms with Crippen LogP contribution in [-0.4, -0.2) is 45.4 Å². The summed E-state index contributed by atoms with van der Waals surface area (Å²) < 4.78 is 0. The maximum absolute atomic E-state index is 9.80. The van der Waals surface area contributed by atoms with E-state index in [2.05, 4.69) is 16.0 Å². The van der Waals surface area contributed by atoms with Gasteiger partial charge in [-0.1, -0.05) is 31.7 Å². The van der Waals surface area contributed by atoms with Gasteiger partial charge in [0.15, 0.2) is 0 Å². The van der Waals surface area contributed by atoms with Gasteiger partial charge in [-0.15, -0.1) is 0 Å². The van der Waals surface area contributed by atoms with Crippen molar-refractivity contribution < 1.29 is 10.2 Å². The van der Waals surface area contributed by atoms with Gasteiger partial charge >= 0.3 is 0 Å². The zero-order valence-corrected chi connectivity index (χ0v) is 12.1. The maximum Gasteiger partial charge on any atom is 0.0897 e. The minimum atomic E-state index is -0.657. The summed E-state index contributed by atoms with van der Waals surface area (Å²) in [5.74, 6) is 0. The summed E-state index contributed by atoms with van der Waals surface area (Å²) in [5.41, 5.74) is 1.17. The number of aromatic nitrogens is 1. The van der Waals surface area contributed by atoms with Crippen molar-refractivity contribution >= 4 is 0 Å². The van der Waals surface area contributed by atoms with Crippen LogP contribution >= 0.6 is 0 Å². The van der Waals surface area contributed by atoms with Crippen molar-refractivity contribution in [3.05, 3.63) is 30.1 Å². The summed E-state index contributed by atoms with van der Waals surface area (Å²) in [6.07, 6.45) is 10.6. The van der Waals surface area contributed by atoms with E-state index in [-0.39, 0.29) is 6.61 Å². The molecule has 0 spiro atoms. The van der Waals surface area contributed by atoms with Crippen LogP contribution in [0.15, 0.2) is 24.5 Å². The lowest BCUT2D eigenvalue weighted by molar-refractivity contribution is 0.0378. The van der Waals surface area contributed by atoms with E-state index in [0.717, 1.165) is 6.54 Å². The molecule has 1 atom stereocenters. The number of hydrogen-bond donors (Lipinski definition) is 2. The van der Waals surface area contributed by atoms with Crippen LogP contribution in [0.5, 0.6) is 0 Å². The summed E-state index contributed by atoms with van der Waals surface area (Å²) in [4.78, 5) is 6.48. The molecule has 1 aliphatic carbocycles. The second-order valence-electron chi connectivity index (χ2n) is 5.77. The quantitative estimate of drug-likeness (QED) is 0.781. The molecule has 0 unspecified atom stereocenters. The Morgan fingerprint density at radius 2 is 2.00 bits per heavy atom. The molecule has 1 saturated carbocycles. The van der Waals surface area contributed by atoms with Crippen molar-refractivity contribution in [3.63, 3.8) is 0 Å². The lowest BCUT2D eigenvalue weighted by Gasteiger charge is -2.32. The van der Waals surface area contributed by atoms with Gasteiger partial charge in [-0.25, -0.2) is 0 Å². The molecule has 1 aromatic rings. The van der Waals surface area contributed by atoms with Gasteiger partial charge in [0.25, 0.3) is 0 Å². The molecule has 4 nitrogen and oxygen atoms in total. The van der Waals surface area contributed by atoms with E-state index in [0.29, 0.717) is 12.6 Å². The van der Waals surface area contributed by atoms with Gasteiger partial charge in [-0.05, 0) is 24.5 Å². The summed E-state index contributed by atoms with van der Waals surface area (Å²) in [6.45, 7) is 1.17. The van der Waals surface area contributed by atoms with Crippen LogP contribution in [0.25, 0.3) is 0 Å². The van der Waals surface area contributed by atoms with Crippen LogP contribution in [-0.2, 0) is 6.54 Å². The number of pyridine rings is 1. The van der Waals surface area contributed by atoms with E-state index < -0.39 is 6.10 Å². The number of rotatable bonds is 6. The number of hydrogen-bond acceptors (Lipinski definition) is 4. The predicted molar refractivity (Wildman–Crippen MR) is 79.2 cm³/mol. The van der Waals surface area contributed by atoms with Gasteiger partial charge in [0.05, 0.1) is 12.7 Å². The van der Waals surface area contributed by atoms with Crippen LogP contribution < -0.4 is 0 Å². The molecule has 0 aliphatic heterocycles. The van der Waals surface area contributed by atoms with Crippen molar-refractivity contribution in [2.45, 2.75) is 57.2 Å². The van der Waals surface area contributed by atoms with Crippen LogP contribution in [0.2, 0.25) is 0 Å². The highest BCUT2D eigenvalue weighted by atomic mass is 16.3. The zero-order valence-electron chi connectivity index (χ0n) is 12.1. The molecule has 1 aromatic heterocycles. The lowest BCUT2D eigenvalue weighted by atomic mass is 10.1. The molecule has 112 valence electrons. The summed E-state index contributed by atoms with van der Waals surface area (Å²) >= 11 is 0. The highest BCUT2D eigenvalue weighted by molar-refractivity contribution is 5.08. The molecule has 2 N–H and O–H groups in total. The Morgan fingerprint density at radius 3 is 2.60 bits per heavy atom. The van der Waals surface area contributed by atoms with E-state index in [4.69, 9.17) is 5.11 Å². The Morgan fingerprint density at radius 1 is 1.25 bits per heavy atom. The fourth-order valence-electron chi connectivity index (χ4n) is 3.02. The maximum atomic E-state index is 9.80. The molecule has 4 heteroatoms. The first-order valence-electron chi connectivity index (χ1n) is 7.71. The highest BCUT2D eigenvalue weighted by Crippen LogP contribution is 2.23. The highest BCUT2D eigenvalue weighted by Gasteiger charge is 2.22. The normalized spacial score (nSPS) is 18.9. The van der Waals surface area contributed by atoms with Gasteiger partial charge in [0, 0.05) is 31.5 Å². The monoisotopic (exact) mass is 278 g/mol. The lowest BCUT2D eigenvalue weighted by Crippen LogP contribution is -2.41. The number of aliphatic hydroxyl groups excluding tert-OH is 2. The first kappa shape index (κ1) is 15.4. The third-order valence-corrected chi connectivity index (χ3v) is 4.11. The Kier molecular flexibility index (Phi) is 6.43. The molecule has 1 heterocycles. The van der Waals surface area contributed by atoms with Crippen LogP contribution in [0, 0.1) is 0 Å². The average molecular weight is 278 g/mol. The molecule has 20 heavy (non-hydrogen) atoms. The number of nitrogens with zero attached hydrogens (tertiary/aromatic N) is 2. The van der Waals surface area contributed by atoms with E-state index in [1.54, 1.807) is 6.20 Å². The first-order chi connectivity index (χ1) is 9.79. The number of aliphatic hydroxyl groups is 2. The average Bonchev–Trinajstić information content (AvgIpc) is 2.76. The van der Waals surface area contributed by atoms with E-state index >= 15 is 0 Å². The van der Waals surface area contributed by atoms with Crippen LogP contribution in [0.3, 0.4) is 0 Å². The molecule has 0 amide bonds. The van der Waals surface area contributed by atoms with E-state index in [1.165, 1.54) is 44.1 Å². The van der Waals surface area contributed by atoms with Crippen molar-refractivity contribution in [2.24, 2.45) is 0 Å². The zero-order chi connectivity index (χ0) is 14.2. The van der Waals surface area contributed by atoms with Crippen LogP contribution in [0.4, 0.5) is 0 Å². The minimum Gasteiger partial charge on any atom is -0.394 e. The van der Waals surface area contributed by atoms with Gasteiger partial charge in [-0.3, -0.25) is 9.88 Å². The topological polar surface area (TPSA) is 56.6 Å². The Hall–Kier alpha value is -0.970. The Labute approximate surface area is 121 Å². The molecular formula is C16H26N2O2. The van der Waals surface area contributed by atoms with Crippen molar-refractivity contribution in [1.82, 2.24) is 9.88 Å². The third-order valence-electron chi connectivity index (χ3n) is 4.11. The molecule has 2 rings (SSSR count). The van der Waals surface area contributed by atoms with Gasteiger partial charge in [0.2, 0.25) is 0 Å². The van der Waals surface area contributed by atoms with Gasteiger partial charge in [-0.2, -0.15) is 0 Å². The van der Waals surface area contributed by atoms with Crippen molar-refractivity contribution in [1.29, 1.82) is 0 Å². The third kappa shape index (κ3) is 4.85. The summed E-state index contributed by atoms with van der Waals surface area (Å²) in [6, 6.07) is 4.53. The fraction of sp³-hybridized carbons (Fsp3) is 0.688.